The quantitative estimate of drug-likeness (QED) is 0.845. The highest BCUT2D eigenvalue weighted by molar-refractivity contribution is 6.14. The van der Waals surface area contributed by atoms with Crippen LogP contribution in [-0.2, 0) is 9.59 Å². The molecule has 0 radical (unpaired) electrons. The van der Waals surface area contributed by atoms with Crippen molar-refractivity contribution in [1.29, 1.82) is 0 Å². The molecule has 0 saturated heterocycles. The highest BCUT2D eigenvalue weighted by Crippen LogP contribution is 2.23. The molecule has 2 N–H and O–H groups in total. The van der Waals surface area contributed by atoms with Gasteiger partial charge in [-0.05, 0) is 44.5 Å². The van der Waals surface area contributed by atoms with Gasteiger partial charge in [-0.15, -0.1) is 0 Å². The third-order valence-corrected chi connectivity index (χ3v) is 3.65. The van der Waals surface area contributed by atoms with Crippen molar-refractivity contribution >= 4 is 23.2 Å². The molecule has 0 bridgehead atoms. The Bertz CT molecular complexity index is 680. The van der Waals surface area contributed by atoms with Gasteiger partial charge in [-0.1, -0.05) is 30.3 Å². The maximum Gasteiger partial charge on any atom is 0.239 e. The van der Waals surface area contributed by atoms with Gasteiger partial charge >= 0.3 is 0 Å². The number of carbonyl (C=O) groups is 2. The van der Waals surface area contributed by atoms with Crippen LogP contribution in [0.1, 0.15) is 19.4 Å². The van der Waals surface area contributed by atoms with Crippen molar-refractivity contribution < 1.29 is 14.0 Å². The fourth-order valence-electron chi connectivity index (χ4n) is 1.94. The molecule has 0 unspecified atom stereocenters. The molecular formula is C18H19FN2O2. The van der Waals surface area contributed by atoms with Gasteiger partial charge in [0, 0.05) is 5.69 Å². The summed E-state index contributed by atoms with van der Waals surface area (Å²) in [5.74, 6) is -1.58. The number of halogens is 1. The van der Waals surface area contributed by atoms with Crippen molar-refractivity contribution in [2.45, 2.75) is 20.8 Å². The highest BCUT2D eigenvalue weighted by Gasteiger charge is 2.36. The second-order valence-corrected chi connectivity index (χ2v) is 5.83. The summed E-state index contributed by atoms with van der Waals surface area (Å²) in [5, 5.41) is 5.20. The average Bonchev–Trinajstić information content (AvgIpc) is 2.51. The Morgan fingerprint density at radius 3 is 1.91 bits per heavy atom. The number of nitrogens with one attached hydrogen (secondary N) is 2. The molecule has 0 aliphatic carbocycles. The molecule has 0 fully saturated rings. The van der Waals surface area contributed by atoms with Crippen molar-refractivity contribution in [2.75, 3.05) is 10.6 Å². The van der Waals surface area contributed by atoms with Crippen LogP contribution in [0.25, 0.3) is 0 Å². The Hall–Kier alpha value is -2.69. The van der Waals surface area contributed by atoms with E-state index in [0.717, 1.165) is 5.56 Å². The van der Waals surface area contributed by atoms with Crippen LogP contribution < -0.4 is 10.6 Å². The number of rotatable bonds is 4. The van der Waals surface area contributed by atoms with E-state index in [1.54, 1.807) is 18.2 Å². The SMILES string of the molecule is Cc1ccccc1NC(=O)C(C)(C)C(=O)Nc1ccccc1F. The van der Waals surface area contributed by atoms with Crippen molar-refractivity contribution in [3.63, 3.8) is 0 Å². The molecule has 0 heterocycles. The minimum atomic E-state index is -1.36. The van der Waals surface area contributed by atoms with Gasteiger partial charge in [-0.3, -0.25) is 9.59 Å². The lowest BCUT2D eigenvalue weighted by Crippen LogP contribution is -2.41. The summed E-state index contributed by atoms with van der Waals surface area (Å²) in [7, 11) is 0. The number of benzene rings is 2. The van der Waals surface area contributed by atoms with Crippen molar-refractivity contribution in [3.05, 3.63) is 59.9 Å². The smallest absolute Gasteiger partial charge is 0.239 e. The van der Waals surface area contributed by atoms with E-state index in [9.17, 15) is 14.0 Å². The number of anilines is 2. The van der Waals surface area contributed by atoms with Crippen LogP contribution in [0, 0.1) is 18.2 Å². The summed E-state index contributed by atoms with van der Waals surface area (Å²) in [4.78, 5) is 24.8. The molecule has 0 spiro atoms. The van der Waals surface area contributed by atoms with Gasteiger partial charge < -0.3 is 10.6 Å². The number of carbonyl (C=O) groups excluding carboxylic acids is 2. The van der Waals surface area contributed by atoms with Gasteiger partial charge in [0.15, 0.2) is 0 Å². The van der Waals surface area contributed by atoms with Gasteiger partial charge in [0.25, 0.3) is 0 Å². The second-order valence-electron chi connectivity index (χ2n) is 5.83. The zero-order valence-corrected chi connectivity index (χ0v) is 13.3. The average molecular weight is 314 g/mol. The van der Waals surface area contributed by atoms with Crippen molar-refractivity contribution in [3.8, 4) is 0 Å². The van der Waals surface area contributed by atoms with Crippen LogP contribution in [0.3, 0.4) is 0 Å². The van der Waals surface area contributed by atoms with Crippen LogP contribution in [0.15, 0.2) is 48.5 Å². The molecule has 2 rings (SSSR count). The van der Waals surface area contributed by atoms with E-state index in [2.05, 4.69) is 10.6 Å². The van der Waals surface area contributed by atoms with Gasteiger partial charge in [0.2, 0.25) is 11.8 Å². The maximum atomic E-state index is 13.6. The van der Waals surface area contributed by atoms with E-state index in [4.69, 9.17) is 0 Å². The maximum absolute atomic E-state index is 13.6. The number of amides is 2. The van der Waals surface area contributed by atoms with Gasteiger partial charge in [0.05, 0.1) is 5.69 Å². The summed E-state index contributed by atoms with van der Waals surface area (Å²) < 4.78 is 13.6. The summed E-state index contributed by atoms with van der Waals surface area (Å²) >= 11 is 0. The number of hydrogen-bond donors (Lipinski definition) is 2. The first-order valence-corrected chi connectivity index (χ1v) is 7.25. The van der Waals surface area contributed by atoms with E-state index < -0.39 is 23.0 Å². The van der Waals surface area contributed by atoms with Crippen LogP contribution in [-0.4, -0.2) is 11.8 Å². The molecule has 23 heavy (non-hydrogen) atoms. The van der Waals surface area contributed by atoms with E-state index >= 15 is 0 Å². The predicted octanol–water partition coefficient (Wildman–Crippen LogP) is 3.74. The van der Waals surface area contributed by atoms with Gasteiger partial charge in [0.1, 0.15) is 11.2 Å². The Morgan fingerprint density at radius 2 is 1.35 bits per heavy atom. The molecule has 2 aromatic rings. The Balaban J connectivity index is 2.13. The summed E-state index contributed by atoms with van der Waals surface area (Å²) in [6.07, 6.45) is 0. The molecule has 0 atom stereocenters. The fraction of sp³-hybridized carbons (Fsp3) is 0.222. The van der Waals surface area contributed by atoms with E-state index in [1.165, 1.54) is 32.0 Å². The normalized spacial score (nSPS) is 11.0. The number of hydrogen-bond acceptors (Lipinski definition) is 2. The Kier molecular flexibility index (Phi) is 4.79. The molecular weight excluding hydrogens is 295 g/mol. The van der Waals surface area contributed by atoms with E-state index in [1.807, 2.05) is 19.1 Å². The van der Waals surface area contributed by atoms with Crippen molar-refractivity contribution in [2.24, 2.45) is 5.41 Å². The molecule has 0 aliphatic heterocycles. The summed E-state index contributed by atoms with van der Waals surface area (Å²) in [5.41, 5.74) is 0.231. The molecule has 4 nitrogen and oxygen atoms in total. The zero-order chi connectivity index (χ0) is 17.0. The third kappa shape index (κ3) is 3.74. The molecule has 0 aromatic heterocycles. The van der Waals surface area contributed by atoms with Crippen molar-refractivity contribution in [1.82, 2.24) is 0 Å². The first-order chi connectivity index (χ1) is 10.8. The minimum Gasteiger partial charge on any atom is -0.325 e. The largest absolute Gasteiger partial charge is 0.325 e. The fourth-order valence-corrected chi connectivity index (χ4v) is 1.94. The van der Waals surface area contributed by atoms with Gasteiger partial charge in [-0.25, -0.2) is 4.39 Å². The summed E-state index contributed by atoms with van der Waals surface area (Å²) in [6.45, 7) is 4.86. The van der Waals surface area contributed by atoms with E-state index in [0.29, 0.717) is 5.69 Å². The van der Waals surface area contributed by atoms with Gasteiger partial charge in [-0.2, -0.15) is 0 Å². The molecule has 120 valence electrons. The van der Waals surface area contributed by atoms with Crippen LogP contribution in [0.5, 0.6) is 0 Å². The van der Waals surface area contributed by atoms with Crippen LogP contribution >= 0.6 is 0 Å². The molecule has 5 heteroatoms. The Labute approximate surface area is 134 Å². The topological polar surface area (TPSA) is 58.2 Å². The summed E-state index contributed by atoms with van der Waals surface area (Å²) in [6, 6.07) is 13.1. The number of aryl methyl sites for hydroxylation is 1. The minimum absolute atomic E-state index is 0.0502. The first kappa shape index (κ1) is 16.7. The Morgan fingerprint density at radius 1 is 0.870 bits per heavy atom. The zero-order valence-electron chi connectivity index (χ0n) is 13.3. The monoisotopic (exact) mass is 314 g/mol. The number of para-hydroxylation sites is 2. The highest BCUT2D eigenvalue weighted by atomic mass is 19.1. The lowest BCUT2D eigenvalue weighted by Gasteiger charge is -2.23. The lowest BCUT2D eigenvalue weighted by atomic mass is 9.90. The third-order valence-electron chi connectivity index (χ3n) is 3.65. The second kappa shape index (κ2) is 6.60. The van der Waals surface area contributed by atoms with E-state index in [-0.39, 0.29) is 5.69 Å². The first-order valence-electron chi connectivity index (χ1n) is 7.25. The molecule has 0 saturated carbocycles. The van der Waals surface area contributed by atoms with Crippen LogP contribution in [0.2, 0.25) is 0 Å². The lowest BCUT2D eigenvalue weighted by molar-refractivity contribution is -0.135. The standard InChI is InChI=1S/C18H19FN2O2/c1-12-8-4-6-10-14(12)20-16(22)18(2,3)17(23)21-15-11-7-5-9-13(15)19/h4-11H,1-3H3,(H,20,22)(H,21,23). The molecule has 2 aromatic carbocycles. The molecule has 0 aliphatic rings. The predicted molar refractivity (Wildman–Crippen MR) is 88.6 cm³/mol. The molecule has 2 amide bonds. The van der Waals surface area contributed by atoms with Crippen LogP contribution in [0.4, 0.5) is 15.8 Å².